The molecular formula is C26H45N. The van der Waals surface area contributed by atoms with Crippen LogP contribution in [-0.2, 0) is 0 Å². The molecular weight excluding hydrogens is 326 g/mol. The zero-order valence-electron chi connectivity index (χ0n) is 18.4. The average molecular weight is 372 g/mol. The maximum absolute atomic E-state index is 10.1. The number of unbranched alkanes of at least 4 members (excludes halogenated alkanes) is 3. The van der Waals surface area contributed by atoms with Crippen LogP contribution in [-0.4, -0.2) is 0 Å². The van der Waals surface area contributed by atoms with E-state index in [4.69, 9.17) is 0 Å². The van der Waals surface area contributed by atoms with Crippen LogP contribution in [0.5, 0.6) is 0 Å². The van der Waals surface area contributed by atoms with E-state index in [1.807, 2.05) is 0 Å². The quantitative estimate of drug-likeness (QED) is 0.394. The first-order valence-electron chi connectivity index (χ1n) is 12.6. The van der Waals surface area contributed by atoms with Crippen LogP contribution in [0, 0.1) is 46.3 Å². The molecule has 0 radical (unpaired) electrons. The standard InChI is InChI=1S/C26H45N/c1-3-5-7-9-22-12-15-25-18-24(16-17-26(25,19-22)20-27)23-13-10-21(11-14-23)8-6-4-2/h21-25H,3-19H2,1-2H3/t21?,22-,23?,24?,25-,26-/m1/s1. The average Bonchev–Trinajstić information content (AvgIpc) is 2.72. The van der Waals surface area contributed by atoms with Gasteiger partial charge in [-0.3, -0.25) is 0 Å². The monoisotopic (exact) mass is 371 g/mol. The lowest BCUT2D eigenvalue weighted by atomic mass is 9.53. The fourth-order valence-electron chi connectivity index (χ4n) is 7.06. The van der Waals surface area contributed by atoms with Gasteiger partial charge in [-0.25, -0.2) is 0 Å². The van der Waals surface area contributed by atoms with Crippen molar-refractivity contribution in [3.05, 3.63) is 0 Å². The van der Waals surface area contributed by atoms with Gasteiger partial charge in [0.1, 0.15) is 0 Å². The summed E-state index contributed by atoms with van der Waals surface area (Å²) in [6.07, 6.45) is 23.7. The minimum Gasteiger partial charge on any atom is -0.198 e. The van der Waals surface area contributed by atoms with Crippen molar-refractivity contribution in [2.75, 3.05) is 0 Å². The highest BCUT2D eigenvalue weighted by atomic mass is 14.5. The number of hydrogen-bond acceptors (Lipinski definition) is 1. The van der Waals surface area contributed by atoms with Crippen LogP contribution < -0.4 is 0 Å². The Kier molecular flexibility index (Phi) is 8.10. The second kappa shape index (κ2) is 10.3. The predicted molar refractivity (Wildman–Crippen MR) is 115 cm³/mol. The summed E-state index contributed by atoms with van der Waals surface area (Å²) in [6.45, 7) is 4.62. The molecule has 154 valence electrons. The van der Waals surface area contributed by atoms with Crippen molar-refractivity contribution >= 4 is 0 Å². The Labute approximate surface area is 169 Å². The first-order valence-corrected chi connectivity index (χ1v) is 12.6. The summed E-state index contributed by atoms with van der Waals surface area (Å²) >= 11 is 0. The van der Waals surface area contributed by atoms with Crippen LogP contribution in [0.2, 0.25) is 0 Å². The fraction of sp³-hybridized carbons (Fsp3) is 0.962. The van der Waals surface area contributed by atoms with Gasteiger partial charge in [0.05, 0.1) is 11.5 Å². The highest BCUT2D eigenvalue weighted by Crippen LogP contribution is 2.56. The molecule has 0 aromatic carbocycles. The van der Waals surface area contributed by atoms with Crippen LogP contribution in [0.15, 0.2) is 0 Å². The van der Waals surface area contributed by atoms with E-state index in [1.54, 1.807) is 0 Å². The summed E-state index contributed by atoms with van der Waals surface area (Å²) in [7, 11) is 0. The fourth-order valence-corrected chi connectivity index (χ4v) is 7.06. The molecule has 0 aliphatic heterocycles. The van der Waals surface area contributed by atoms with E-state index in [0.29, 0.717) is 0 Å². The van der Waals surface area contributed by atoms with E-state index in [9.17, 15) is 5.26 Å². The van der Waals surface area contributed by atoms with Gasteiger partial charge >= 0.3 is 0 Å². The Hall–Kier alpha value is -0.510. The Morgan fingerprint density at radius 2 is 1.48 bits per heavy atom. The molecule has 0 amide bonds. The Morgan fingerprint density at radius 3 is 2.19 bits per heavy atom. The highest BCUT2D eigenvalue weighted by molar-refractivity contribution is 5.09. The molecule has 0 spiro atoms. The van der Waals surface area contributed by atoms with Gasteiger partial charge in [-0.1, -0.05) is 78.1 Å². The third-order valence-electron chi connectivity index (χ3n) is 8.87. The van der Waals surface area contributed by atoms with Crippen molar-refractivity contribution in [1.29, 1.82) is 5.26 Å². The predicted octanol–water partition coefficient (Wildman–Crippen LogP) is 8.29. The Bertz CT molecular complexity index is 469. The van der Waals surface area contributed by atoms with Crippen LogP contribution in [0.4, 0.5) is 0 Å². The number of hydrogen-bond donors (Lipinski definition) is 0. The molecule has 0 aromatic heterocycles. The number of nitrogens with zero attached hydrogens (tertiary/aromatic N) is 1. The van der Waals surface area contributed by atoms with E-state index in [-0.39, 0.29) is 5.41 Å². The first-order chi connectivity index (χ1) is 13.2. The molecule has 3 saturated carbocycles. The maximum Gasteiger partial charge on any atom is 0.0692 e. The van der Waals surface area contributed by atoms with E-state index in [2.05, 4.69) is 19.9 Å². The highest BCUT2D eigenvalue weighted by Gasteiger charge is 2.48. The van der Waals surface area contributed by atoms with E-state index >= 15 is 0 Å². The van der Waals surface area contributed by atoms with Crippen LogP contribution in [0.3, 0.4) is 0 Å². The largest absolute Gasteiger partial charge is 0.198 e. The summed E-state index contributed by atoms with van der Waals surface area (Å²) in [4.78, 5) is 0. The van der Waals surface area contributed by atoms with E-state index in [1.165, 1.54) is 109 Å². The maximum atomic E-state index is 10.1. The molecule has 3 fully saturated rings. The lowest BCUT2D eigenvalue weighted by molar-refractivity contribution is 0.0146. The second-order valence-electron chi connectivity index (χ2n) is 10.6. The molecule has 3 aliphatic carbocycles. The molecule has 1 heteroatoms. The van der Waals surface area contributed by atoms with Gasteiger partial charge in [0.2, 0.25) is 0 Å². The van der Waals surface area contributed by atoms with Crippen LogP contribution in [0.1, 0.15) is 123 Å². The lowest BCUT2D eigenvalue weighted by Gasteiger charge is -2.50. The lowest BCUT2D eigenvalue weighted by Crippen LogP contribution is -2.42. The van der Waals surface area contributed by atoms with Gasteiger partial charge in [-0.15, -0.1) is 0 Å². The summed E-state index contributed by atoms with van der Waals surface area (Å²) in [5.74, 6) is 4.53. The van der Waals surface area contributed by atoms with Crippen molar-refractivity contribution in [3.63, 3.8) is 0 Å². The molecule has 0 N–H and O–H groups in total. The molecule has 0 heterocycles. The molecule has 0 saturated heterocycles. The van der Waals surface area contributed by atoms with Crippen molar-refractivity contribution in [3.8, 4) is 6.07 Å². The third kappa shape index (κ3) is 5.31. The van der Waals surface area contributed by atoms with Crippen molar-refractivity contribution in [1.82, 2.24) is 0 Å². The molecule has 27 heavy (non-hydrogen) atoms. The molecule has 3 aliphatic rings. The summed E-state index contributed by atoms with van der Waals surface area (Å²) < 4.78 is 0. The molecule has 3 rings (SSSR count). The molecule has 1 unspecified atom stereocenters. The smallest absolute Gasteiger partial charge is 0.0692 e. The zero-order valence-corrected chi connectivity index (χ0v) is 18.4. The number of fused-ring (bicyclic) bond motifs is 1. The Morgan fingerprint density at radius 1 is 0.778 bits per heavy atom. The minimum absolute atomic E-state index is 0.0595. The topological polar surface area (TPSA) is 23.8 Å². The van der Waals surface area contributed by atoms with Gasteiger partial charge in [-0.2, -0.15) is 5.26 Å². The number of nitriles is 1. The zero-order chi connectivity index (χ0) is 19.1. The van der Waals surface area contributed by atoms with E-state index in [0.717, 1.165) is 29.6 Å². The van der Waals surface area contributed by atoms with Gasteiger partial charge in [0.25, 0.3) is 0 Å². The van der Waals surface area contributed by atoms with Crippen molar-refractivity contribution in [2.45, 2.75) is 123 Å². The summed E-state index contributed by atoms with van der Waals surface area (Å²) in [6, 6.07) is 2.89. The van der Waals surface area contributed by atoms with Gasteiger partial charge in [0, 0.05) is 0 Å². The van der Waals surface area contributed by atoms with Crippen molar-refractivity contribution in [2.24, 2.45) is 35.0 Å². The molecule has 0 bridgehead atoms. The summed E-state index contributed by atoms with van der Waals surface area (Å²) in [5.41, 5.74) is 0.0595. The molecule has 4 atom stereocenters. The minimum atomic E-state index is 0.0595. The van der Waals surface area contributed by atoms with E-state index < -0.39 is 0 Å². The number of rotatable bonds is 8. The van der Waals surface area contributed by atoms with Crippen molar-refractivity contribution < 1.29 is 0 Å². The second-order valence-corrected chi connectivity index (χ2v) is 10.6. The first kappa shape index (κ1) is 21.2. The SMILES string of the molecule is CCCCC[C@@H]1CC[C@@H]2CC(C3CCC(CCCC)CC3)CC[C@]2(C#N)C1. The molecule has 0 aromatic rings. The summed E-state index contributed by atoms with van der Waals surface area (Å²) in [5, 5.41) is 10.1. The Balaban J connectivity index is 1.49. The normalized spacial score (nSPS) is 39.5. The van der Waals surface area contributed by atoms with Crippen LogP contribution in [0.25, 0.3) is 0 Å². The van der Waals surface area contributed by atoms with Gasteiger partial charge in [-0.05, 0) is 74.5 Å². The van der Waals surface area contributed by atoms with Gasteiger partial charge < -0.3 is 0 Å². The van der Waals surface area contributed by atoms with Crippen LogP contribution >= 0.6 is 0 Å². The van der Waals surface area contributed by atoms with Gasteiger partial charge in [0.15, 0.2) is 0 Å². The third-order valence-corrected chi connectivity index (χ3v) is 8.87. The molecule has 1 nitrogen and oxygen atoms in total.